The number of benzene rings is 2. The molecule has 0 unspecified atom stereocenters. The number of anilines is 1. The van der Waals surface area contributed by atoms with Crippen molar-refractivity contribution in [2.24, 2.45) is 0 Å². The maximum absolute atomic E-state index is 12.6. The van der Waals surface area contributed by atoms with Crippen molar-refractivity contribution in [2.75, 3.05) is 27.1 Å². The van der Waals surface area contributed by atoms with Crippen molar-refractivity contribution in [3.05, 3.63) is 52.6 Å². The Bertz CT molecular complexity index is 1330. The van der Waals surface area contributed by atoms with Crippen molar-refractivity contribution in [3.8, 4) is 34.2 Å². The van der Waals surface area contributed by atoms with Gasteiger partial charge in [0.2, 0.25) is 5.75 Å². The summed E-state index contributed by atoms with van der Waals surface area (Å²) in [7, 11) is 4.59. The molecule has 10 nitrogen and oxygen atoms in total. The molecular weight excluding hydrogens is 400 g/mol. The van der Waals surface area contributed by atoms with Crippen molar-refractivity contribution in [1.29, 1.82) is 5.41 Å². The molecule has 0 amide bonds. The average Bonchev–Trinajstić information content (AvgIpc) is 3.12. The summed E-state index contributed by atoms with van der Waals surface area (Å²) in [6, 6.07) is 8.48. The van der Waals surface area contributed by atoms with E-state index in [1.165, 1.54) is 25.9 Å². The molecule has 0 fully saturated rings. The largest absolute Gasteiger partial charge is 0.493 e. The Balaban J connectivity index is 1.92. The number of aromatic amines is 1. The second kappa shape index (κ2) is 7.82. The maximum atomic E-state index is 12.6. The first-order chi connectivity index (χ1) is 15.0. The number of nitrogens with one attached hydrogen (secondary N) is 2. The second-order valence-electron chi connectivity index (χ2n) is 6.56. The number of rotatable bonds is 6. The molecule has 2 heterocycles. The predicted molar refractivity (Wildman–Crippen MR) is 117 cm³/mol. The molecule has 10 heteroatoms. The van der Waals surface area contributed by atoms with Crippen LogP contribution in [-0.4, -0.2) is 47.1 Å². The van der Waals surface area contributed by atoms with Crippen LogP contribution in [0.1, 0.15) is 5.56 Å². The van der Waals surface area contributed by atoms with Gasteiger partial charge in [-0.3, -0.25) is 4.98 Å². The first-order valence-electron chi connectivity index (χ1n) is 9.19. The molecule has 4 aromatic rings. The van der Waals surface area contributed by atoms with Gasteiger partial charge in [0.1, 0.15) is 0 Å². The lowest BCUT2D eigenvalue weighted by Gasteiger charge is -2.14. The molecule has 0 aliphatic heterocycles. The first-order valence-corrected chi connectivity index (χ1v) is 9.19. The summed E-state index contributed by atoms with van der Waals surface area (Å²) in [5.74, 6) is 1.41. The molecule has 0 bridgehead atoms. The van der Waals surface area contributed by atoms with Crippen LogP contribution in [0.4, 0.5) is 5.69 Å². The Morgan fingerprint density at radius 1 is 1.10 bits per heavy atom. The van der Waals surface area contributed by atoms with Gasteiger partial charge < -0.3 is 25.4 Å². The van der Waals surface area contributed by atoms with Crippen LogP contribution >= 0.6 is 0 Å². The Labute approximate surface area is 176 Å². The molecule has 0 aliphatic carbocycles. The van der Waals surface area contributed by atoms with E-state index in [4.69, 9.17) is 25.4 Å². The Morgan fingerprint density at radius 2 is 1.81 bits per heavy atom. The van der Waals surface area contributed by atoms with Crippen LogP contribution in [0.5, 0.6) is 17.2 Å². The molecule has 2 aromatic carbocycles. The summed E-state index contributed by atoms with van der Waals surface area (Å²) >= 11 is 0. The SMILES string of the molecule is COc1cc(-c2cnc3[nH]c(=O)n(-c4ccc(C=N)c(N)c4)c3n2)cc(OC)c1OC. The molecule has 158 valence electrons. The van der Waals surface area contributed by atoms with Gasteiger partial charge in [-0.05, 0) is 30.3 Å². The number of aromatic nitrogens is 4. The molecule has 4 rings (SSSR count). The van der Waals surface area contributed by atoms with E-state index in [0.29, 0.717) is 56.7 Å². The molecule has 2 aromatic heterocycles. The number of imidazole rings is 1. The summed E-state index contributed by atoms with van der Waals surface area (Å²) in [5.41, 5.74) is 8.87. The van der Waals surface area contributed by atoms with E-state index in [1.54, 1.807) is 36.5 Å². The maximum Gasteiger partial charge on any atom is 0.333 e. The van der Waals surface area contributed by atoms with Crippen LogP contribution in [0.3, 0.4) is 0 Å². The fraction of sp³-hybridized carbons (Fsp3) is 0.143. The number of nitrogen functional groups attached to an aromatic ring is 1. The molecule has 0 saturated heterocycles. The van der Waals surface area contributed by atoms with E-state index in [-0.39, 0.29) is 0 Å². The number of ether oxygens (including phenoxy) is 3. The zero-order valence-electron chi connectivity index (χ0n) is 17.1. The lowest BCUT2D eigenvalue weighted by atomic mass is 10.1. The first kappa shape index (κ1) is 20.0. The van der Waals surface area contributed by atoms with Crippen LogP contribution in [0.2, 0.25) is 0 Å². The van der Waals surface area contributed by atoms with Crippen molar-refractivity contribution in [2.45, 2.75) is 0 Å². The Morgan fingerprint density at radius 3 is 2.39 bits per heavy atom. The number of hydrogen-bond acceptors (Lipinski definition) is 8. The highest BCUT2D eigenvalue weighted by atomic mass is 16.5. The number of nitrogens with zero attached hydrogens (tertiary/aromatic N) is 3. The molecule has 0 spiro atoms. The van der Waals surface area contributed by atoms with Crippen LogP contribution in [0.15, 0.2) is 41.3 Å². The Kier molecular flexibility index (Phi) is 5.04. The lowest BCUT2D eigenvalue weighted by molar-refractivity contribution is 0.324. The number of hydrogen-bond donors (Lipinski definition) is 3. The summed E-state index contributed by atoms with van der Waals surface area (Å²) in [6.07, 6.45) is 2.70. The molecular formula is C21H20N6O4. The van der Waals surface area contributed by atoms with Gasteiger partial charge in [0.25, 0.3) is 0 Å². The number of fused-ring (bicyclic) bond motifs is 1. The van der Waals surface area contributed by atoms with Gasteiger partial charge in [-0.2, -0.15) is 0 Å². The van der Waals surface area contributed by atoms with E-state index >= 15 is 0 Å². The fourth-order valence-corrected chi connectivity index (χ4v) is 3.32. The molecule has 4 N–H and O–H groups in total. The number of methoxy groups -OCH3 is 3. The smallest absolute Gasteiger partial charge is 0.333 e. The third kappa shape index (κ3) is 3.33. The lowest BCUT2D eigenvalue weighted by Crippen LogP contribution is -2.15. The van der Waals surface area contributed by atoms with Crippen LogP contribution in [-0.2, 0) is 0 Å². The third-order valence-electron chi connectivity index (χ3n) is 4.84. The van der Waals surface area contributed by atoms with Crippen molar-refractivity contribution < 1.29 is 14.2 Å². The predicted octanol–water partition coefficient (Wildman–Crippen LogP) is 2.38. The third-order valence-corrected chi connectivity index (χ3v) is 4.84. The van der Waals surface area contributed by atoms with E-state index in [1.807, 2.05) is 0 Å². The second-order valence-corrected chi connectivity index (χ2v) is 6.56. The average molecular weight is 420 g/mol. The van der Waals surface area contributed by atoms with Gasteiger partial charge in [-0.15, -0.1) is 0 Å². The number of H-pyrrole nitrogens is 1. The standard InChI is InChI=1S/C21H20N6O4/c1-29-16-6-12(7-17(30-2)18(16)31-3)15-10-24-19-20(25-15)27(21(28)26-19)13-5-4-11(9-22)14(23)8-13/h4-10,22H,23H2,1-3H3,(H,24,26,28). The highest BCUT2D eigenvalue weighted by molar-refractivity contribution is 5.86. The Hall–Kier alpha value is -4.34. The molecule has 31 heavy (non-hydrogen) atoms. The van der Waals surface area contributed by atoms with Gasteiger partial charge >= 0.3 is 5.69 Å². The van der Waals surface area contributed by atoms with Gasteiger partial charge in [0, 0.05) is 23.0 Å². The summed E-state index contributed by atoms with van der Waals surface area (Å²) in [4.78, 5) is 24.3. The normalized spacial score (nSPS) is 10.8. The minimum absolute atomic E-state index is 0.330. The van der Waals surface area contributed by atoms with E-state index in [9.17, 15) is 4.79 Å². The molecule has 0 aliphatic rings. The minimum atomic E-state index is -0.404. The van der Waals surface area contributed by atoms with E-state index in [0.717, 1.165) is 6.21 Å². The monoisotopic (exact) mass is 420 g/mol. The zero-order chi connectivity index (χ0) is 22.1. The van der Waals surface area contributed by atoms with Gasteiger partial charge in [-0.1, -0.05) is 0 Å². The fourth-order valence-electron chi connectivity index (χ4n) is 3.32. The summed E-state index contributed by atoms with van der Waals surface area (Å²) in [6.45, 7) is 0. The summed E-state index contributed by atoms with van der Waals surface area (Å²) in [5, 5.41) is 7.39. The minimum Gasteiger partial charge on any atom is -0.493 e. The highest BCUT2D eigenvalue weighted by Gasteiger charge is 2.17. The van der Waals surface area contributed by atoms with Crippen LogP contribution < -0.4 is 25.6 Å². The van der Waals surface area contributed by atoms with Gasteiger partial charge in [-0.25, -0.2) is 19.3 Å². The van der Waals surface area contributed by atoms with Crippen molar-refractivity contribution >= 4 is 23.2 Å². The highest BCUT2D eigenvalue weighted by Crippen LogP contribution is 2.40. The van der Waals surface area contributed by atoms with Crippen molar-refractivity contribution in [3.63, 3.8) is 0 Å². The molecule has 0 radical (unpaired) electrons. The van der Waals surface area contributed by atoms with Gasteiger partial charge in [0.15, 0.2) is 22.8 Å². The molecule has 0 atom stereocenters. The van der Waals surface area contributed by atoms with Crippen molar-refractivity contribution in [1.82, 2.24) is 19.5 Å². The molecule has 0 saturated carbocycles. The van der Waals surface area contributed by atoms with E-state index in [2.05, 4.69) is 15.0 Å². The van der Waals surface area contributed by atoms with Crippen LogP contribution in [0, 0.1) is 5.41 Å². The summed E-state index contributed by atoms with van der Waals surface area (Å²) < 4.78 is 17.6. The number of nitrogens with two attached hydrogens (primary N) is 1. The topological polar surface area (TPSA) is 141 Å². The zero-order valence-corrected chi connectivity index (χ0v) is 17.1. The van der Waals surface area contributed by atoms with Crippen LogP contribution in [0.25, 0.3) is 28.2 Å². The van der Waals surface area contributed by atoms with E-state index < -0.39 is 5.69 Å². The van der Waals surface area contributed by atoms with Gasteiger partial charge in [0.05, 0.1) is 38.9 Å². The quantitative estimate of drug-likeness (QED) is 0.321.